The lowest BCUT2D eigenvalue weighted by Crippen LogP contribution is -3.00. The van der Waals surface area contributed by atoms with Gasteiger partial charge in [0, 0.05) is 0 Å². The molecule has 0 saturated heterocycles. The Morgan fingerprint density at radius 2 is 1.85 bits per heavy atom. The summed E-state index contributed by atoms with van der Waals surface area (Å²) < 4.78 is 2.78. The predicted octanol–water partition coefficient (Wildman–Crippen LogP) is 1.03. The molecule has 0 atom stereocenters. The monoisotopic (exact) mass is 501 g/mol. The zero-order valence-electron chi connectivity index (χ0n) is 15.3. The molecule has 3 aromatic rings. The number of benzene rings is 1. The number of rotatable bonds is 7. The van der Waals surface area contributed by atoms with Crippen LogP contribution < -0.4 is 29.5 Å². The Bertz CT molecular complexity index is 904. The first-order valence-electron chi connectivity index (χ1n) is 8.60. The normalized spacial score (nSPS) is 11.5. The molecule has 1 aromatic carbocycles. The van der Waals surface area contributed by atoms with Gasteiger partial charge in [-0.05, 0) is 37.4 Å². The molecular formula is C19H24IN3OS2. The van der Waals surface area contributed by atoms with E-state index in [0.717, 1.165) is 45.5 Å². The SMILES string of the molecule is CC[N+](C)(CC)CCSc1nc2sccc2c(=O)n1-c1ccccc1.[I-]. The molecule has 26 heavy (non-hydrogen) atoms. The van der Waals surface area contributed by atoms with E-state index in [1.54, 1.807) is 16.3 Å². The first kappa shape index (κ1) is 21.4. The molecule has 0 N–H and O–H groups in total. The van der Waals surface area contributed by atoms with E-state index in [1.807, 2.05) is 41.8 Å². The van der Waals surface area contributed by atoms with Crippen molar-refractivity contribution >= 4 is 33.3 Å². The Morgan fingerprint density at radius 3 is 2.50 bits per heavy atom. The lowest BCUT2D eigenvalue weighted by atomic mass is 10.3. The van der Waals surface area contributed by atoms with Gasteiger partial charge in [0.2, 0.25) is 0 Å². The summed E-state index contributed by atoms with van der Waals surface area (Å²) in [6, 6.07) is 11.7. The summed E-state index contributed by atoms with van der Waals surface area (Å²) in [6.07, 6.45) is 0. The predicted molar refractivity (Wildman–Crippen MR) is 108 cm³/mol. The number of thiophene rings is 1. The molecule has 0 fully saturated rings. The second-order valence-corrected chi connectivity index (χ2v) is 8.29. The second kappa shape index (κ2) is 9.34. The average Bonchev–Trinajstić information content (AvgIpc) is 3.11. The average molecular weight is 501 g/mol. The van der Waals surface area contributed by atoms with Gasteiger partial charge in [-0.25, -0.2) is 4.98 Å². The highest BCUT2D eigenvalue weighted by Crippen LogP contribution is 2.24. The van der Waals surface area contributed by atoms with E-state index in [4.69, 9.17) is 4.98 Å². The molecular weight excluding hydrogens is 477 g/mol. The summed E-state index contributed by atoms with van der Waals surface area (Å²) in [5, 5.41) is 3.41. The van der Waals surface area contributed by atoms with Gasteiger partial charge in [-0.1, -0.05) is 30.0 Å². The topological polar surface area (TPSA) is 34.9 Å². The minimum Gasteiger partial charge on any atom is -1.00 e. The maximum absolute atomic E-state index is 13.0. The molecule has 0 unspecified atom stereocenters. The van der Waals surface area contributed by atoms with Crippen molar-refractivity contribution in [3.05, 3.63) is 52.1 Å². The molecule has 7 heteroatoms. The number of thioether (sulfide) groups is 1. The van der Waals surface area contributed by atoms with Gasteiger partial charge >= 0.3 is 0 Å². The number of halogens is 1. The van der Waals surface area contributed by atoms with Crippen molar-refractivity contribution in [2.75, 3.05) is 32.4 Å². The summed E-state index contributed by atoms with van der Waals surface area (Å²) in [7, 11) is 2.28. The van der Waals surface area contributed by atoms with Gasteiger partial charge in [0.05, 0.1) is 43.5 Å². The quantitative estimate of drug-likeness (QED) is 0.210. The van der Waals surface area contributed by atoms with Gasteiger partial charge in [0.25, 0.3) is 5.56 Å². The highest BCUT2D eigenvalue weighted by atomic mass is 127. The number of quaternary nitrogens is 1. The minimum atomic E-state index is 0. The third-order valence-electron chi connectivity index (χ3n) is 4.87. The number of fused-ring (bicyclic) bond motifs is 1. The zero-order chi connectivity index (χ0) is 17.9. The Hall–Kier alpha value is -0.900. The Morgan fingerprint density at radius 1 is 1.15 bits per heavy atom. The second-order valence-electron chi connectivity index (χ2n) is 6.33. The third-order valence-corrected chi connectivity index (χ3v) is 6.60. The fourth-order valence-corrected chi connectivity index (χ4v) is 4.69. The van der Waals surface area contributed by atoms with Crippen LogP contribution in [0, 0.1) is 0 Å². The van der Waals surface area contributed by atoms with Crippen molar-refractivity contribution < 1.29 is 28.5 Å². The molecule has 0 bridgehead atoms. The van der Waals surface area contributed by atoms with Gasteiger partial charge in [-0.15, -0.1) is 11.3 Å². The molecule has 0 radical (unpaired) electrons. The first-order valence-corrected chi connectivity index (χ1v) is 10.5. The molecule has 0 aliphatic heterocycles. The van der Waals surface area contributed by atoms with E-state index in [1.165, 1.54) is 11.3 Å². The lowest BCUT2D eigenvalue weighted by molar-refractivity contribution is -0.903. The van der Waals surface area contributed by atoms with Gasteiger partial charge in [-0.3, -0.25) is 9.36 Å². The molecule has 0 aliphatic rings. The van der Waals surface area contributed by atoms with Crippen LogP contribution in [-0.4, -0.2) is 46.5 Å². The van der Waals surface area contributed by atoms with Crippen molar-refractivity contribution in [1.82, 2.24) is 9.55 Å². The highest BCUT2D eigenvalue weighted by Gasteiger charge is 2.18. The Labute approximate surface area is 179 Å². The highest BCUT2D eigenvalue weighted by molar-refractivity contribution is 7.99. The van der Waals surface area contributed by atoms with Gasteiger partial charge in [-0.2, -0.15) is 0 Å². The molecule has 0 spiro atoms. The van der Waals surface area contributed by atoms with Crippen LogP contribution in [0.2, 0.25) is 0 Å². The minimum absolute atomic E-state index is 0. The van der Waals surface area contributed by atoms with E-state index in [2.05, 4.69) is 20.9 Å². The van der Waals surface area contributed by atoms with Crippen molar-refractivity contribution in [2.45, 2.75) is 19.0 Å². The fraction of sp³-hybridized carbons (Fsp3) is 0.368. The van der Waals surface area contributed by atoms with Crippen molar-refractivity contribution in [3.8, 4) is 5.69 Å². The lowest BCUT2D eigenvalue weighted by Gasteiger charge is -2.31. The van der Waals surface area contributed by atoms with E-state index in [9.17, 15) is 4.79 Å². The molecule has 140 valence electrons. The number of para-hydroxylation sites is 1. The van der Waals surface area contributed by atoms with Crippen LogP contribution in [0.5, 0.6) is 0 Å². The third kappa shape index (κ3) is 4.49. The number of aromatic nitrogens is 2. The summed E-state index contributed by atoms with van der Waals surface area (Å²) >= 11 is 3.20. The largest absolute Gasteiger partial charge is 1.00 e. The van der Waals surface area contributed by atoms with E-state index < -0.39 is 0 Å². The first-order chi connectivity index (χ1) is 12.1. The zero-order valence-corrected chi connectivity index (χ0v) is 19.1. The fourth-order valence-electron chi connectivity index (χ4n) is 2.69. The molecule has 2 heterocycles. The maximum atomic E-state index is 13.0. The van der Waals surface area contributed by atoms with Gasteiger partial charge in [0.15, 0.2) is 5.16 Å². The standard InChI is InChI=1S/C19H24N3OS2.HI/c1-4-22(3,5-2)12-14-25-19-20-17-16(11-13-24-17)18(23)21(19)15-9-7-6-8-10-15;/h6-11,13H,4-5,12,14H2,1-3H3;1H/q+1;/p-1. The Kier molecular flexibility index (Phi) is 7.69. The summed E-state index contributed by atoms with van der Waals surface area (Å²) in [5.41, 5.74) is 0.891. The molecule has 0 amide bonds. The number of hydrogen-bond donors (Lipinski definition) is 0. The van der Waals surface area contributed by atoms with Crippen LogP contribution >= 0.6 is 23.1 Å². The van der Waals surface area contributed by atoms with Gasteiger partial charge in [0.1, 0.15) is 4.83 Å². The molecule has 2 aromatic heterocycles. The molecule has 0 saturated carbocycles. The van der Waals surface area contributed by atoms with E-state index in [0.29, 0.717) is 5.39 Å². The number of hydrogen-bond acceptors (Lipinski definition) is 4. The summed E-state index contributed by atoms with van der Waals surface area (Å²) in [6.45, 7) is 7.73. The van der Waals surface area contributed by atoms with Crippen LogP contribution in [0.25, 0.3) is 15.9 Å². The van der Waals surface area contributed by atoms with Crippen LogP contribution in [0.4, 0.5) is 0 Å². The van der Waals surface area contributed by atoms with Crippen molar-refractivity contribution in [1.29, 1.82) is 0 Å². The van der Waals surface area contributed by atoms with Crippen LogP contribution in [0.15, 0.2) is 51.7 Å². The molecule has 0 aliphatic carbocycles. The summed E-state index contributed by atoms with van der Waals surface area (Å²) in [4.78, 5) is 18.6. The molecule has 4 nitrogen and oxygen atoms in total. The summed E-state index contributed by atoms with van der Waals surface area (Å²) in [5.74, 6) is 0.939. The maximum Gasteiger partial charge on any atom is 0.267 e. The van der Waals surface area contributed by atoms with Crippen molar-refractivity contribution in [2.24, 2.45) is 0 Å². The molecule has 3 rings (SSSR count). The number of nitrogens with zero attached hydrogens (tertiary/aromatic N) is 3. The van der Waals surface area contributed by atoms with Gasteiger partial charge < -0.3 is 28.5 Å². The van der Waals surface area contributed by atoms with Crippen LogP contribution in [0.3, 0.4) is 0 Å². The van der Waals surface area contributed by atoms with Crippen LogP contribution in [0.1, 0.15) is 13.8 Å². The smallest absolute Gasteiger partial charge is 0.267 e. The van der Waals surface area contributed by atoms with E-state index in [-0.39, 0.29) is 29.5 Å². The Balaban J connectivity index is 0.00000243. The van der Waals surface area contributed by atoms with Crippen LogP contribution in [-0.2, 0) is 0 Å². The van der Waals surface area contributed by atoms with E-state index >= 15 is 0 Å². The van der Waals surface area contributed by atoms with Crippen molar-refractivity contribution in [3.63, 3.8) is 0 Å².